The highest BCUT2D eigenvalue weighted by Crippen LogP contribution is 2.43. The number of anilines is 2. The second-order valence-corrected chi connectivity index (χ2v) is 10.7. The number of aromatic nitrogens is 1. The van der Waals surface area contributed by atoms with Crippen molar-refractivity contribution in [1.29, 1.82) is 0 Å². The zero-order valence-electron chi connectivity index (χ0n) is 24.3. The van der Waals surface area contributed by atoms with Gasteiger partial charge in [-0.15, -0.1) is 0 Å². The summed E-state index contributed by atoms with van der Waals surface area (Å²) in [6.07, 6.45) is 3.77. The first-order valence-corrected chi connectivity index (χ1v) is 13.5. The van der Waals surface area contributed by atoms with Gasteiger partial charge in [0, 0.05) is 41.3 Å². The predicted octanol–water partition coefficient (Wildman–Crippen LogP) is 7.51. The van der Waals surface area contributed by atoms with Crippen LogP contribution >= 0.6 is 0 Å². The normalized spacial score (nSPS) is 13.4. The van der Waals surface area contributed by atoms with Gasteiger partial charge in [-0.1, -0.05) is 24.3 Å². The molecule has 1 aliphatic heterocycles. The zero-order valence-corrected chi connectivity index (χ0v) is 24.3. The predicted molar refractivity (Wildman–Crippen MR) is 164 cm³/mol. The third-order valence-electron chi connectivity index (χ3n) is 7.12. The molecule has 3 aromatic carbocycles. The van der Waals surface area contributed by atoms with Crippen molar-refractivity contribution in [2.75, 3.05) is 24.9 Å². The largest absolute Gasteiger partial charge is 0.496 e. The first-order chi connectivity index (χ1) is 19.7. The second-order valence-electron chi connectivity index (χ2n) is 10.7. The Kier molecular flexibility index (Phi) is 7.70. The maximum Gasteiger partial charge on any atom is 0.345 e. The number of ether oxygens (including phenoxy) is 3. The summed E-state index contributed by atoms with van der Waals surface area (Å²) in [5.74, 6) is 1.29. The van der Waals surface area contributed by atoms with Crippen LogP contribution < -0.4 is 24.8 Å². The number of fused-ring (bicyclic) bond motifs is 1. The zero-order chi connectivity index (χ0) is 29.1. The number of methoxy groups -OCH3 is 2. The fraction of sp³-hybridized carbons (Fsp3) is 0.235. The minimum atomic E-state index is -0.475. The Bertz CT molecular complexity index is 1620. The summed E-state index contributed by atoms with van der Waals surface area (Å²) < 4.78 is 17.1. The molecule has 0 unspecified atom stereocenters. The van der Waals surface area contributed by atoms with E-state index >= 15 is 0 Å². The van der Waals surface area contributed by atoms with Crippen molar-refractivity contribution in [1.82, 2.24) is 4.98 Å². The van der Waals surface area contributed by atoms with Crippen LogP contribution in [0.25, 0.3) is 16.7 Å². The number of esters is 1. The molecule has 2 heterocycles. The van der Waals surface area contributed by atoms with Gasteiger partial charge in [0.05, 0.1) is 31.0 Å². The number of aryl methyl sites for hydroxylation is 1. The highest BCUT2D eigenvalue weighted by molar-refractivity contribution is 5.91. The van der Waals surface area contributed by atoms with Gasteiger partial charge in [-0.25, -0.2) is 4.79 Å². The van der Waals surface area contributed by atoms with Crippen molar-refractivity contribution in [2.24, 2.45) is 0 Å². The molecule has 0 spiro atoms. The van der Waals surface area contributed by atoms with E-state index in [0.29, 0.717) is 23.6 Å². The molecule has 0 amide bonds. The van der Waals surface area contributed by atoms with E-state index in [4.69, 9.17) is 14.2 Å². The lowest BCUT2D eigenvalue weighted by molar-refractivity contribution is 0.0734. The average Bonchev–Trinajstić information content (AvgIpc) is 2.95. The summed E-state index contributed by atoms with van der Waals surface area (Å²) in [4.78, 5) is 16.9. The van der Waals surface area contributed by atoms with Gasteiger partial charge in [0.25, 0.3) is 0 Å². The SMILES string of the molecule is COc1ccccc1NCc1c(-c2ccc(OC(=O)c3ccc(C)nc3)cc2OC)ccc2c1C(C)=CC(C)(C)N2. The standard InChI is InChI=1S/C34H35N3O4/c1-21-18-34(3,4)37-29-16-15-25(27(32(21)29)20-36-28-9-7-8-10-30(28)39-5)26-14-13-24(17-31(26)40-6)41-33(38)23-12-11-22(2)35-19-23/h7-19,36-37H,20H2,1-6H3. The van der Waals surface area contributed by atoms with Crippen LogP contribution in [0.1, 0.15) is 48.0 Å². The molecule has 210 valence electrons. The molecule has 0 bridgehead atoms. The lowest BCUT2D eigenvalue weighted by Crippen LogP contribution is -2.32. The van der Waals surface area contributed by atoms with Crippen LogP contribution in [0.5, 0.6) is 17.2 Å². The minimum Gasteiger partial charge on any atom is -0.496 e. The van der Waals surface area contributed by atoms with Gasteiger partial charge in [0.15, 0.2) is 0 Å². The molecule has 2 N–H and O–H groups in total. The number of nitrogens with one attached hydrogen (secondary N) is 2. The molecule has 41 heavy (non-hydrogen) atoms. The van der Waals surface area contributed by atoms with E-state index in [1.807, 2.05) is 37.3 Å². The molecule has 1 aliphatic rings. The highest BCUT2D eigenvalue weighted by Gasteiger charge is 2.27. The summed E-state index contributed by atoms with van der Waals surface area (Å²) >= 11 is 0. The van der Waals surface area contributed by atoms with Crippen molar-refractivity contribution < 1.29 is 19.0 Å². The number of para-hydroxylation sites is 2. The molecule has 0 aliphatic carbocycles. The monoisotopic (exact) mass is 549 g/mol. The van der Waals surface area contributed by atoms with Gasteiger partial charge < -0.3 is 24.8 Å². The van der Waals surface area contributed by atoms with Crippen LogP contribution in [0.3, 0.4) is 0 Å². The molecule has 0 saturated heterocycles. The smallest absolute Gasteiger partial charge is 0.345 e. The number of allylic oxidation sites excluding steroid dienone is 1. The van der Waals surface area contributed by atoms with E-state index in [0.717, 1.165) is 45.1 Å². The molecule has 4 aromatic rings. The number of hydrogen-bond donors (Lipinski definition) is 2. The lowest BCUT2D eigenvalue weighted by atomic mass is 9.85. The van der Waals surface area contributed by atoms with E-state index in [1.165, 1.54) is 11.8 Å². The van der Waals surface area contributed by atoms with Crippen LogP contribution in [0, 0.1) is 6.92 Å². The number of benzene rings is 3. The number of carbonyl (C=O) groups is 1. The Labute approximate surface area is 241 Å². The Hall–Kier alpha value is -4.78. The first kappa shape index (κ1) is 27.8. The van der Waals surface area contributed by atoms with Crippen molar-refractivity contribution in [3.05, 3.63) is 101 Å². The number of carbonyl (C=O) groups excluding carboxylic acids is 1. The number of nitrogens with zero attached hydrogens (tertiary/aromatic N) is 1. The summed E-state index contributed by atoms with van der Waals surface area (Å²) in [5.41, 5.74) is 8.39. The third kappa shape index (κ3) is 5.89. The van der Waals surface area contributed by atoms with Gasteiger partial charge in [-0.2, -0.15) is 0 Å². The van der Waals surface area contributed by atoms with Crippen molar-refractivity contribution in [3.8, 4) is 28.4 Å². The van der Waals surface area contributed by atoms with E-state index in [9.17, 15) is 4.79 Å². The summed E-state index contributed by atoms with van der Waals surface area (Å²) in [6, 6.07) is 21.1. The van der Waals surface area contributed by atoms with Gasteiger partial charge in [-0.3, -0.25) is 4.98 Å². The summed E-state index contributed by atoms with van der Waals surface area (Å²) in [6.45, 7) is 8.89. The second kappa shape index (κ2) is 11.4. The van der Waals surface area contributed by atoms with Gasteiger partial charge in [-0.05, 0) is 86.9 Å². The van der Waals surface area contributed by atoms with Gasteiger partial charge in [0.2, 0.25) is 0 Å². The maximum absolute atomic E-state index is 12.7. The fourth-order valence-electron chi connectivity index (χ4n) is 5.32. The Morgan fingerprint density at radius 1 is 0.927 bits per heavy atom. The van der Waals surface area contributed by atoms with Crippen LogP contribution in [-0.4, -0.2) is 30.7 Å². The van der Waals surface area contributed by atoms with Crippen LogP contribution in [-0.2, 0) is 6.54 Å². The van der Waals surface area contributed by atoms with Crippen LogP contribution in [0.4, 0.5) is 11.4 Å². The Morgan fingerprint density at radius 2 is 1.68 bits per heavy atom. The molecule has 7 nitrogen and oxygen atoms in total. The molecule has 0 saturated carbocycles. The Morgan fingerprint density at radius 3 is 2.41 bits per heavy atom. The van der Waals surface area contributed by atoms with Crippen LogP contribution in [0.2, 0.25) is 0 Å². The number of pyridine rings is 1. The number of rotatable bonds is 8. The van der Waals surface area contributed by atoms with E-state index in [-0.39, 0.29) is 5.54 Å². The topological polar surface area (TPSA) is 81.7 Å². The molecule has 7 heteroatoms. The molecule has 0 fully saturated rings. The quantitative estimate of drug-likeness (QED) is 0.174. The molecule has 0 radical (unpaired) electrons. The van der Waals surface area contributed by atoms with E-state index < -0.39 is 5.97 Å². The molecule has 5 rings (SSSR count). The van der Waals surface area contributed by atoms with Crippen molar-refractivity contribution >= 4 is 22.9 Å². The Balaban J connectivity index is 1.55. The average molecular weight is 550 g/mol. The molecular weight excluding hydrogens is 514 g/mol. The number of hydrogen-bond acceptors (Lipinski definition) is 7. The van der Waals surface area contributed by atoms with E-state index in [1.54, 1.807) is 38.5 Å². The van der Waals surface area contributed by atoms with E-state index in [2.05, 4.69) is 54.6 Å². The van der Waals surface area contributed by atoms with Crippen molar-refractivity contribution in [3.63, 3.8) is 0 Å². The molecule has 0 atom stereocenters. The van der Waals surface area contributed by atoms with Crippen LogP contribution in [0.15, 0.2) is 79.0 Å². The first-order valence-electron chi connectivity index (χ1n) is 13.5. The minimum absolute atomic E-state index is 0.165. The fourth-order valence-corrected chi connectivity index (χ4v) is 5.32. The molecule has 1 aromatic heterocycles. The van der Waals surface area contributed by atoms with Crippen molar-refractivity contribution in [2.45, 2.75) is 39.8 Å². The molecular formula is C34H35N3O4. The summed E-state index contributed by atoms with van der Waals surface area (Å²) in [7, 11) is 3.29. The lowest BCUT2D eigenvalue weighted by Gasteiger charge is -2.33. The third-order valence-corrected chi connectivity index (χ3v) is 7.12. The van der Waals surface area contributed by atoms with Gasteiger partial charge in [0.1, 0.15) is 17.2 Å². The highest BCUT2D eigenvalue weighted by atomic mass is 16.5. The van der Waals surface area contributed by atoms with Gasteiger partial charge >= 0.3 is 5.97 Å². The maximum atomic E-state index is 12.7. The summed E-state index contributed by atoms with van der Waals surface area (Å²) in [5, 5.41) is 7.25.